The molecule has 2 heterocycles. The molecule has 0 amide bonds. The van der Waals surface area contributed by atoms with Crippen molar-refractivity contribution in [3.05, 3.63) is 35.8 Å². The van der Waals surface area contributed by atoms with Gasteiger partial charge in [0.1, 0.15) is 5.56 Å². The first-order chi connectivity index (χ1) is 7.22. The highest BCUT2D eigenvalue weighted by molar-refractivity contribution is 5.94. The third kappa shape index (κ3) is 1.69. The number of hydrogen-bond donors (Lipinski definition) is 2. The van der Waals surface area contributed by atoms with Gasteiger partial charge in [-0.05, 0) is 19.2 Å². The van der Waals surface area contributed by atoms with Crippen LogP contribution >= 0.6 is 0 Å². The highest BCUT2D eigenvalue weighted by Gasteiger charge is 2.10. The monoisotopic (exact) mass is 205 g/mol. The van der Waals surface area contributed by atoms with Crippen LogP contribution in [0.3, 0.4) is 0 Å². The van der Waals surface area contributed by atoms with Crippen LogP contribution in [0.1, 0.15) is 16.1 Å². The zero-order chi connectivity index (χ0) is 10.8. The molecule has 0 unspecified atom stereocenters. The molecule has 2 aromatic rings. The molecule has 15 heavy (non-hydrogen) atoms. The summed E-state index contributed by atoms with van der Waals surface area (Å²) in [6.07, 6.45) is 3.60. The topological polar surface area (TPSA) is 66.6 Å². The molecule has 0 aliphatic rings. The Kier molecular flexibility index (Phi) is 2.39. The van der Waals surface area contributed by atoms with Gasteiger partial charge in [-0.3, -0.25) is 0 Å². The first kappa shape index (κ1) is 9.67. The number of fused-ring (bicyclic) bond motifs is 1. The van der Waals surface area contributed by atoms with Gasteiger partial charge in [0.15, 0.2) is 5.65 Å². The molecule has 0 spiro atoms. The Balaban J connectivity index is 2.59. The smallest absolute Gasteiger partial charge is 0.339 e. The number of carboxylic acids is 1. The molecular formula is C10H11N3O2. The predicted octanol–water partition coefficient (Wildman–Crippen LogP) is 0.752. The number of pyridine rings is 1. The van der Waals surface area contributed by atoms with E-state index in [0.29, 0.717) is 12.2 Å². The van der Waals surface area contributed by atoms with Crippen LogP contribution in [0.4, 0.5) is 0 Å². The Morgan fingerprint density at radius 1 is 1.67 bits per heavy atom. The van der Waals surface area contributed by atoms with E-state index < -0.39 is 5.97 Å². The minimum atomic E-state index is -0.956. The van der Waals surface area contributed by atoms with Crippen LogP contribution in [0.5, 0.6) is 0 Å². The van der Waals surface area contributed by atoms with Gasteiger partial charge in [0.25, 0.3) is 0 Å². The number of aromatic carboxylic acids is 1. The minimum Gasteiger partial charge on any atom is -0.478 e. The number of carboxylic acid groups (broad SMARTS) is 1. The van der Waals surface area contributed by atoms with Crippen molar-refractivity contribution < 1.29 is 9.90 Å². The molecule has 5 nitrogen and oxygen atoms in total. The van der Waals surface area contributed by atoms with Crippen LogP contribution in [-0.2, 0) is 6.54 Å². The fraction of sp³-hybridized carbons (Fsp3) is 0.200. The standard InChI is InChI=1S/C10H11N3O2/c1-11-5-7-6-13-4-2-3-8(10(14)15)9(13)12-7/h2-4,6,11H,5H2,1H3,(H,14,15). The first-order valence-corrected chi connectivity index (χ1v) is 4.57. The van der Waals surface area contributed by atoms with Gasteiger partial charge in [-0.25, -0.2) is 9.78 Å². The highest BCUT2D eigenvalue weighted by Crippen LogP contribution is 2.10. The molecule has 2 N–H and O–H groups in total. The molecule has 0 aliphatic heterocycles. The molecule has 0 saturated heterocycles. The van der Waals surface area contributed by atoms with Crippen molar-refractivity contribution in [2.75, 3.05) is 7.05 Å². The summed E-state index contributed by atoms with van der Waals surface area (Å²) in [4.78, 5) is 15.2. The van der Waals surface area contributed by atoms with E-state index in [0.717, 1.165) is 5.69 Å². The minimum absolute atomic E-state index is 0.222. The van der Waals surface area contributed by atoms with Crippen LogP contribution < -0.4 is 5.32 Å². The maximum absolute atomic E-state index is 10.9. The Hall–Kier alpha value is -1.88. The molecule has 0 saturated carbocycles. The molecular weight excluding hydrogens is 194 g/mol. The second-order valence-electron chi connectivity index (χ2n) is 3.22. The number of rotatable bonds is 3. The summed E-state index contributed by atoms with van der Waals surface area (Å²) < 4.78 is 1.72. The van der Waals surface area contributed by atoms with E-state index in [1.807, 2.05) is 13.2 Å². The van der Waals surface area contributed by atoms with E-state index in [4.69, 9.17) is 5.11 Å². The number of nitrogens with zero attached hydrogens (tertiary/aromatic N) is 2. The Morgan fingerprint density at radius 3 is 3.13 bits per heavy atom. The maximum Gasteiger partial charge on any atom is 0.339 e. The molecule has 0 aromatic carbocycles. The number of imidazole rings is 1. The number of nitrogens with one attached hydrogen (secondary N) is 1. The van der Waals surface area contributed by atoms with Gasteiger partial charge < -0.3 is 14.8 Å². The number of hydrogen-bond acceptors (Lipinski definition) is 3. The molecule has 2 rings (SSSR count). The van der Waals surface area contributed by atoms with Crippen molar-refractivity contribution in [3.63, 3.8) is 0 Å². The van der Waals surface area contributed by atoms with E-state index in [1.165, 1.54) is 0 Å². The Morgan fingerprint density at radius 2 is 2.47 bits per heavy atom. The van der Waals surface area contributed by atoms with Crippen LogP contribution in [0.25, 0.3) is 5.65 Å². The summed E-state index contributed by atoms with van der Waals surface area (Å²) in [5.41, 5.74) is 1.53. The molecule has 0 atom stereocenters. The fourth-order valence-electron chi connectivity index (χ4n) is 1.50. The lowest BCUT2D eigenvalue weighted by molar-refractivity contribution is 0.0698. The van der Waals surface area contributed by atoms with E-state index in [9.17, 15) is 4.79 Å². The molecule has 78 valence electrons. The van der Waals surface area contributed by atoms with Crippen molar-refractivity contribution in [1.82, 2.24) is 14.7 Å². The van der Waals surface area contributed by atoms with Crippen molar-refractivity contribution in [2.45, 2.75) is 6.54 Å². The summed E-state index contributed by atoms with van der Waals surface area (Å²) in [6.45, 7) is 0.626. The largest absolute Gasteiger partial charge is 0.478 e. The van der Waals surface area contributed by atoms with E-state index >= 15 is 0 Å². The molecule has 0 radical (unpaired) electrons. The van der Waals surface area contributed by atoms with Gasteiger partial charge in [-0.15, -0.1) is 0 Å². The van der Waals surface area contributed by atoms with Crippen LogP contribution in [0.2, 0.25) is 0 Å². The summed E-state index contributed by atoms with van der Waals surface area (Å²) in [5, 5.41) is 11.9. The summed E-state index contributed by atoms with van der Waals surface area (Å²) in [7, 11) is 1.82. The lowest BCUT2D eigenvalue weighted by atomic mass is 10.3. The van der Waals surface area contributed by atoms with E-state index in [1.54, 1.807) is 22.7 Å². The van der Waals surface area contributed by atoms with Gasteiger partial charge in [0.2, 0.25) is 0 Å². The summed E-state index contributed by atoms with van der Waals surface area (Å²) in [5.74, 6) is -0.956. The molecule has 0 fully saturated rings. The Labute approximate surface area is 86.4 Å². The first-order valence-electron chi connectivity index (χ1n) is 4.57. The average molecular weight is 205 g/mol. The van der Waals surface area contributed by atoms with Crippen molar-refractivity contribution in [1.29, 1.82) is 0 Å². The lowest BCUT2D eigenvalue weighted by Crippen LogP contribution is -2.05. The van der Waals surface area contributed by atoms with Crippen molar-refractivity contribution in [2.24, 2.45) is 0 Å². The predicted molar refractivity (Wildman–Crippen MR) is 54.9 cm³/mol. The maximum atomic E-state index is 10.9. The summed E-state index contributed by atoms with van der Waals surface area (Å²) in [6, 6.07) is 3.25. The third-order valence-electron chi connectivity index (χ3n) is 2.12. The van der Waals surface area contributed by atoms with Gasteiger partial charge in [-0.2, -0.15) is 0 Å². The third-order valence-corrected chi connectivity index (χ3v) is 2.12. The van der Waals surface area contributed by atoms with Crippen molar-refractivity contribution in [3.8, 4) is 0 Å². The molecule has 5 heteroatoms. The summed E-state index contributed by atoms with van der Waals surface area (Å²) >= 11 is 0. The Bertz CT molecular complexity index is 504. The lowest BCUT2D eigenvalue weighted by Gasteiger charge is -1.96. The normalized spacial score (nSPS) is 10.7. The van der Waals surface area contributed by atoms with E-state index in [2.05, 4.69) is 10.3 Å². The number of aromatic nitrogens is 2. The van der Waals surface area contributed by atoms with Gasteiger partial charge in [0, 0.05) is 18.9 Å². The van der Waals surface area contributed by atoms with Crippen LogP contribution in [-0.4, -0.2) is 27.5 Å². The van der Waals surface area contributed by atoms with Crippen LogP contribution in [0, 0.1) is 0 Å². The second-order valence-corrected chi connectivity index (χ2v) is 3.22. The van der Waals surface area contributed by atoms with Gasteiger partial charge in [-0.1, -0.05) is 0 Å². The average Bonchev–Trinajstić information content (AvgIpc) is 2.59. The van der Waals surface area contributed by atoms with Crippen LogP contribution in [0.15, 0.2) is 24.5 Å². The van der Waals surface area contributed by atoms with Crippen molar-refractivity contribution >= 4 is 11.6 Å². The molecule has 0 bridgehead atoms. The molecule has 2 aromatic heterocycles. The van der Waals surface area contributed by atoms with E-state index in [-0.39, 0.29) is 5.56 Å². The number of carbonyl (C=O) groups is 1. The van der Waals surface area contributed by atoms with Gasteiger partial charge in [0.05, 0.1) is 5.69 Å². The fourth-order valence-corrected chi connectivity index (χ4v) is 1.50. The molecule has 0 aliphatic carbocycles. The quantitative estimate of drug-likeness (QED) is 0.776. The SMILES string of the molecule is CNCc1cn2cccc(C(=O)O)c2n1. The highest BCUT2D eigenvalue weighted by atomic mass is 16.4. The zero-order valence-electron chi connectivity index (χ0n) is 8.27. The second kappa shape index (κ2) is 3.70. The zero-order valence-corrected chi connectivity index (χ0v) is 8.27. The van der Waals surface area contributed by atoms with Gasteiger partial charge >= 0.3 is 5.97 Å².